The number of nitrogens with zero attached hydrogens (tertiary/aromatic N) is 1. The number of urea groups is 1. The van der Waals surface area contributed by atoms with E-state index in [2.05, 4.69) is 12.2 Å². The molecule has 1 saturated heterocycles. The molecule has 0 aromatic heterocycles. The van der Waals surface area contributed by atoms with E-state index in [-0.39, 0.29) is 25.0 Å². The third kappa shape index (κ3) is 3.92. The fourth-order valence-corrected chi connectivity index (χ4v) is 2.88. The first-order valence-corrected chi connectivity index (χ1v) is 6.47. The van der Waals surface area contributed by atoms with Gasteiger partial charge in [0.15, 0.2) is 0 Å². The number of amides is 2. The standard InChI is InChI=1S/C10H18N2O3S/c1-7-5-16-6-8(7)11-10(15)12(2)4-3-9(13)14/h7-8H,3-6H2,1-2H3,(H,11,15)(H,13,14). The second kappa shape index (κ2) is 5.98. The van der Waals surface area contributed by atoms with Crippen LogP contribution in [0.2, 0.25) is 0 Å². The van der Waals surface area contributed by atoms with Crippen LogP contribution in [0.25, 0.3) is 0 Å². The fraction of sp³-hybridized carbons (Fsp3) is 0.800. The first-order valence-electron chi connectivity index (χ1n) is 5.32. The summed E-state index contributed by atoms with van der Waals surface area (Å²) >= 11 is 1.83. The minimum atomic E-state index is -0.885. The molecule has 0 bridgehead atoms. The molecule has 6 heteroatoms. The Morgan fingerprint density at radius 3 is 2.69 bits per heavy atom. The number of rotatable bonds is 4. The lowest BCUT2D eigenvalue weighted by atomic mass is 10.1. The number of carbonyl (C=O) groups excluding carboxylic acids is 1. The Kier molecular flexibility index (Phi) is 4.92. The summed E-state index contributed by atoms with van der Waals surface area (Å²) in [5.41, 5.74) is 0. The molecule has 1 rings (SSSR count). The number of carboxylic acid groups (broad SMARTS) is 1. The third-order valence-corrected chi connectivity index (χ3v) is 4.04. The summed E-state index contributed by atoms with van der Waals surface area (Å²) in [4.78, 5) is 23.5. The van der Waals surface area contributed by atoms with Crippen molar-refractivity contribution in [2.24, 2.45) is 5.92 Å². The largest absolute Gasteiger partial charge is 0.481 e. The highest BCUT2D eigenvalue weighted by atomic mass is 32.2. The monoisotopic (exact) mass is 246 g/mol. The maximum Gasteiger partial charge on any atom is 0.317 e. The van der Waals surface area contributed by atoms with Crippen molar-refractivity contribution < 1.29 is 14.7 Å². The van der Waals surface area contributed by atoms with Crippen molar-refractivity contribution in [2.45, 2.75) is 19.4 Å². The molecule has 1 heterocycles. The van der Waals surface area contributed by atoms with E-state index >= 15 is 0 Å². The molecule has 16 heavy (non-hydrogen) atoms. The zero-order valence-corrected chi connectivity index (χ0v) is 10.4. The van der Waals surface area contributed by atoms with Gasteiger partial charge in [-0.25, -0.2) is 4.79 Å². The van der Waals surface area contributed by atoms with E-state index < -0.39 is 5.97 Å². The molecule has 1 fully saturated rings. The Labute approximate surface area is 99.6 Å². The van der Waals surface area contributed by atoms with Crippen molar-refractivity contribution >= 4 is 23.8 Å². The van der Waals surface area contributed by atoms with Crippen molar-refractivity contribution in [3.63, 3.8) is 0 Å². The van der Waals surface area contributed by atoms with Crippen LogP contribution in [0.5, 0.6) is 0 Å². The molecule has 92 valence electrons. The van der Waals surface area contributed by atoms with Crippen molar-refractivity contribution in [3.05, 3.63) is 0 Å². The van der Waals surface area contributed by atoms with Gasteiger partial charge in [-0.05, 0) is 11.7 Å². The van der Waals surface area contributed by atoms with Crippen LogP contribution in [0.15, 0.2) is 0 Å². The molecule has 1 aliphatic heterocycles. The van der Waals surface area contributed by atoms with Crippen LogP contribution in [-0.4, -0.2) is 53.1 Å². The van der Waals surface area contributed by atoms with Crippen LogP contribution in [0.3, 0.4) is 0 Å². The predicted octanol–water partition coefficient (Wildman–Crippen LogP) is 0.854. The SMILES string of the molecule is CC1CSCC1NC(=O)N(C)CCC(=O)O. The molecular weight excluding hydrogens is 228 g/mol. The van der Waals surface area contributed by atoms with Gasteiger partial charge in [-0.3, -0.25) is 4.79 Å². The van der Waals surface area contributed by atoms with Crippen molar-refractivity contribution in [3.8, 4) is 0 Å². The van der Waals surface area contributed by atoms with Crippen LogP contribution in [0.1, 0.15) is 13.3 Å². The van der Waals surface area contributed by atoms with Gasteiger partial charge in [0.25, 0.3) is 0 Å². The quantitative estimate of drug-likeness (QED) is 0.771. The number of carbonyl (C=O) groups is 2. The Morgan fingerprint density at radius 2 is 2.19 bits per heavy atom. The third-order valence-electron chi connectivity index (χ3n) is 2.68. The second-order valence-electron chi connectivity index (χ2n) is 4.14. The van der Waals surface area contributed by atoms with Crippen LogP contribution >= 0.6 is 11.8 Å². The fourth-order valence-electron chi connectivity index (χ4n) is 1.48. The number of hydrogen-bond acceptors (Lipinski definition) is 3. The molecule has 1 aliphatic rings. The number of thioether (sulfide) groups is 1. The lowest BCUT2D eigenvalue weighted by Crippen LogP contribution is -2.46. The summed E-state index contributed by atoms with van der Waals surface area (Å²) in [6.07, 6.45) is -0.0150. The van der Waals surface area contributed by atoms with Crippen LogP contribution < -0.4 is 5.32 Å². The Morgan fingerprint density at radius 1 is 1.50 bits per heavy atom. The molecule has 2 N–H and O–H groups in total. The van der Waals surface area contributed by atoms with Gasteiger partial charge in [0.05, 0.1) is 6.42 Å². The van der Waals surface area contributed by atoms with Crippen molar-refractivity contribution in [1.82, 2.24) is 10.2 Å². The molecule has 0 saturated carbocycles. The number of nitrogens with one attached hydrogen (secondary N) is 1. The van der Waals surface area contributed by atoms with Gasteiger partial charge < -0.3 is 15.3 Å². The molecule has 0 aliphatic carbocycles. The first-order chi connectivity index (χ1) is 7.50. The maximum absolute atomic E-state index is 11.7. The van der Waals surface area contributed by atoms with Gasteiger partial charge >= 0.3 is 12.0 Å². The minimum Gasteiger partial charge on any atom is -0.481 e. The van der Waals surface area contributed by atoms with Gasteiger partial charge in [-0.1, -0.05) is 6.92 Å². The van der Waals surface area contributed by atoms with E-state index in [0.29, 0.717) is 5.92 Å². The number of carboxylic acids is 1. The molecule has 5 nitrogen and oxygen atoms in total. The average Bonchev–Trinajstić information content (AvgIpc) is 2.60. The topological polar surface area (TPSA) is 69.6 Å². The molecule has 0 aromatic rings. The lowest BCUT2D eigenvalue weighted by molar-refractivity contribution is -0.137. The smallest absolute Gasteiger partial charge is 0.317 e. The molecule has 0 spiro atoms. The molecule has 0 radical (unpaired) electrons. The molecule has 2 atom stereocenters. The predicted molar refractivity (Wildman–Crippen MR) is 63.7 cm³/mol. The van der Waals surface area contributed by atoms with Gasteiger partial charge in [0.2, 0.25) is 0 Å². The van der Waals surface area contributed by atoms with Gasteiger partial charge in [0.1, 0.15) is 0 Å². The molecule has 0 aromatic carbocycles. The highest BCUT2D eigenvalue weighted by Gasteiger charge is 2.26. The van der Waals surface area contributed by atoms with E-state index in [1.54, 1.807) is 7.05 Å². The van der Waals surface area contributed by atoms with Gasteiger partial charge in [-0.2, -0.15) is 11.8 Å². The first kappa shape index (κ1) is 13.2. The van der Waals surface area contributed by atoms with E-state index in [1.165, 1.54) is 4.90 Å². The van der Waals surface area contributed by atoms with Gasteiger partial charge in [0, 0.05) is 25.4 Å². The number of aliphatic carboxylic acids is 1. The van der Waals surface area contributed by atoms with Crippen molar-refractivity contribution in [2.75, 3.05) is 25.1 Å². The Hall–Kier alpha value is -0.910. The summed E-state index contributed by atoms with van der Waals surface area (Å²) in [6.45, 7) is 2.36. The molecule has 2 amide bonds. The average molecular weight is 246 g/mol. The highest BCUT2D eigenvalue weighted by Crippen LogP contribution is 2.23. The van der Waals surface area contributed by atoms with Crippen molar-refractivity contribution in [1.29, 1.82) is 0 Å². The highest BCUT2D eigenvalue weighted by molar-refractivity contribution is 7.99. The van der Waals surface area contributed by atoms with E-state index in [0.717, 1.165) is 11.5 Å². The summed E-state index contributed by atoms with van der Waals surface area (Å²) < 4.78 is 0. The minimum absolute atomic E-state index is 0.0150. The summed E-state index contributed by atoms with van der Waals surface area (Å²) in [7, 11) is 1.62. The summed E-state index contributed by atoms with van der Waals surface area (Å²) in [5.74, 6) is 1.62. The Bertz CT molecular complexity index is 273. The Balaban J connectivity index is 2.30. The van der Waals surface area contributed by atoms with Crippen LogP contribution in [0.4, 0.5) is 4.79 Å². The molecule has 2 unspecified atom stereocenters. The van der Waals surface area contributed by atoms with Crippen LogP contribution in [0, 0.1) is 5.92 Å². The number of hydrogen-bond donors (Lipinski definition) is 2. The molecular formula is C10H18N2O3S. The van der Waals surface area contributed by atoms with E-state index in [4.69, 9.17) is 5.11 Å². The van der Waals surface area contributed by atoms with Crippen LogP contribution in [-0.2, 0) is 4.79 Å². The summed E-state index contributed by atoms with van der Waals surface area (Å²) in [5, 5.41) is 11.4. The second-order valence-corrected chi connectivity index (χ2v) is 5.21. The van der Waals surface area contributed by atoms with E-state index in [9.17, 15) is 9.59 Å². The normalized spacial score (nSPS) is 24.1. The summed E-state index contributed by atoms with van der Waals surface area (Å²) in [6, 6.07) is 0.0328. The van der Waals surface area contributed by atoms with E-state index in [1.807, 2.05) is 11.8 Å². The lowest BCUT2D eigenvalue weighted by Gasteiger charge is -2.22. The zero-order valence-electron chi connectivity index (χ0n) is 9.60. The maximum atomic E-state index is 11.7. The van der Waals surface area contributed by atoms with Gasteiger partial charge in [-0.15, -0.1) is 0 Å². The zero-order chi connectivity index (χ0) is 12.1.